The number of aromatic nitrogens is 3. The van der Waals surface area contributed by atoms with E-state index in [-0.39, 0.29) is 11.8 Å². The third kappa shape index (κ3) is 6.91. The molecule has 0 spiro atoms. The van der Waals surface area contributed by atoms with E-state index in [4.69, 9.17) is 9.97 Å². The van der Waals surface area contributed by atoms with Gasteiger partial charge in [-0.25, -0.2) is 9.97 Å². The Morgan fingerprint density at radius 3 is 2.23 bits per heavy atom. The largest absolute Gasteiger partial charge is 0.336 e. The van der Waals surface area contributed by atoms with Crippen LogP contribution in [0.1, 0.15) is 31.8 Å². The zero-order chi connectivity index (χ0) is 32.9. The lowest BCUT2D eigenvalue weighted by atomic mass is 10.1. The summed E-state index contributed by atoms with van der Waals surface area (Å²) >= 11 is 0. The molecule has 4 aromatic carbocycles. The third-order valence-electron chi connectivity index (χ3n) is 8.60. The molecule has 1 aliphatic rings. The lowest BCUT2D eigenvalue weighted by Crippen LogP contribution is -2.48. The number of nitrogens with one attached hydrogen (secondary N) is 2. The average molecular weight is 634 g/mol. The maximum Gasteiger partial charge on any atom is 0.255 e. The second-order valence-corrected chi connectivity index (χ2v) is 11.9. The maximum atomic E-state index is 13.4. The maximum absolute atomic E-state index is 13.4. The van der Waals surface area contributed by atoms with Crippen LogP contribution in [-0.2, 0) is 6.54 Å². The van der Waals surface area contributed by atoms with E-state index in [1.165, 1.54) is 5.56 Å². The first-order valence-electron chi connectivity index (χ1n) is 16.0. The summed E-state index contributed by atoms with van der Waals surface area (Å²) < 4.78 is 0. The molecule has 6 aromatic rings. The quantitative estimate of drug-likeness (QED) is 0.187. The Balaban J connectivity index is 1.00. The van der Waals surface area contributed by atoms with Crippen LogP contribution < -0.4 is 10.6 Å². The minimum absolute atomic E-state index is 0.0316. The van der Waals surface area contributed by atoms with Crippen LogP contribution in [0, 0.1) is 6.92 Å². The molecule has 0 atom stereocenters. The minimum atomic E-state index is -0.257. The molecular formula is C39H35N7O2. The van der Waals surface area contributed by atoms with Crippen molar-refractivity contribution in [2.24, 2.45) is 0 Å². The molecule has 0 saturated carbocycles. The van der Waals surface area contributed by atoms with Crippen molar-refractivity contribution >= 4 is 40.0 Å². The summed E-state index contributed by atoms with van der Waals surface area (Å²) in [4.78, 5) is 44.6. The lowest BCUT2D eigenvalue weighted by molar-refractivity contribution is 0.0628. The van der Waals surface area contributed by atoms with Crippen LogP contribution in [0.2, 0.25) is 0 Å². The molecule has 0 unspecified atom stereocenters. The minimum Gasteiger partial charge on any atom is -0.336 e. The van der Waals surface area contributed by atoms with Crippen LogP contribution >= 0.6 is 0 Å². The molecule has 2 amide bonds. The normalized spacial score (nSPS) is 13.3. The van der Waals surface area contributed by atoms with Crippen molar-refractivity contribution in [1.82, 2.24) is 24.8 Å². The topological polar surface area (TPSA) is 103 Å². The molecule has 0 aliphatic carbocycles. The number of piperazine rings is 1. The van der Waals surface area contributed by atoms with Crippen molar-refractivity contribution in [3.05, 3.63) is 144 Å². The number of para-hydroxylation sites is 1. The number of aryl methyl sites for hydroxylation is 1. The fourth-order valence-electron chi connectivity index (χ4n) is 5.90. The molecular weight excluding hydrogens is 598 g/mol. The van der Waals surface area contributed by atoms with Crippen LogP contribution in [0.15, 0.2) is 122 Å². The van der Waals surface area contributed by atoms with Crippen molar-refractivity contribution in [3.8, 4) is 11.3 Å². The van der Waals surface area contributed by atoms with Crippen LogP contribution in [-0.4, -0.2) is 62.7 Å². The molecule has 1 fully saturated rings. The predicted molar refractivity (Wildman–Crippen MR) is 189 cm³/mol. The van der Waals surface area contributed by atoms with Gasteiger partial charge < -0.3 is 15.5 Å². The summed E-state index contributed by atoms with van der Waals surface area (Å²) in [5, 5.41) is 7.28. The highest BCUT2D eigenvalue weighted by Crippen LogP contribution is 2.28. The van der Waals surface area contributed by atoms with Crippen molar-refractivity contribution in [2.75, 3.05) is 36.8 Å². The Morgan fingerprint density at radius 1 is 0.750 bits per heavy atom. The van der Waals surface area contributed by atoms with Gasteiger partial charge in [-0.3, -0.25) is 19.5 Å². The number of benzene rings is 4. The van der Waals surface area contributed by atoms with Crippen molar-refractivity contribution in [2.45, 2.75) is 13.5 Å². The molecule has 1 aliphatic heterocycles. The molecule has 48 heavy (non-hydrogen) atoms. The van der Waals surface area contributed by atoms with Crippen LogP contribution in [0.4, 0.5) is 17.3 Å². The van der Waals surface area contributed by atoms with Crippen LogP contribution in [0.25, 0.3) is 22.2 Å². The average Bonchev–Trinajstić information content (AvgIpc) is 3.13. The second kappa shape index (κ2) is 13.8. The number of nitrogens with zero attached hydrogens (tertiary/aromatic N) is 5. The molecule has 2 aromatic heterocycles. The summed E-state index contributed by atoms with van der Waals surface area (Å²) in [6.45, 7) is 5.66. The van der Waals surface area contributed by atoms with Crippen LogP contribution in [0.5, 0.6) is 0 Å². The molecule has 9 heteroatoms. The number of rotatable bonds is 8. The highest BCUT2D eigenvalue weighted by molar-refractivity contribution is 6.06. The highest BCUT2D eigenvalue weighted by Gasteiger charge is 2.23. The van der Waals surface area contributed by atoms with Crippen molar-refractivity contribution < 1.29 is 9.59 Å². The first-order chi connectivity index (χ1) is 23.5. The van der Waals surface area contributed by atoms with Gasteiger partial charge in [-0.15, -0.1) is 0 Å². The molecule has 9 nitrogen and oxygen atoms in total. The Bertz CT molecular complexity index is 2060. The van der Waals surface area contributed by atoms with Gasteiger partial charge in [-0.2, -0.15) is 0 Å². The van der Waals surface area contributed by atoms with Crippen molar-refractivity contribution in [3.63, 3.8) is 0 Å². The standard InChI is InChI=1S/C39H35N7O2/c1-27-11-12-31(38(48)46-23-21-45(22-24-46)26-28-17-19-40-20-18-28)25-35(27)42-37(47)30-13-15-32(16-14-30)41-39-43-34-10-6-5-9-33(34)36(44-39)29-7-3-2-4-8-29/h2-20,25H,21-24,26H2,1H3,(H,42,47)(H,41,43,44). The van der Waals surface area contributed by atoms with E-state index in [0.717, 1.165) is 53.0 Å². The lowest BCUT2D eigenvalue weighted by Gasteiger charge is -2.34. The Kier molecular flexibility index (Phi) is 8.84. The van der Waals surface area contributed by atoms with Gasteiger partial charge >= 0.3 is 0 Å². The van der Waals surface area contributed by atoms with Gasteiger partial charge in [0, 0.05) is 78.6 Å². The molecule has 0 bridgehead atoms. The van der Waals surface area contributed by atoms with E-state index in [0.29, 0.717) is 35.9 Å². The predicted octanol–water partition coefficient (Wildman–Crippen LogP) is 6.95. The van der Waals surface area contributed by atoms with Gasteiger partial charge in [0.1, 0.15) is 0 Å². The van der Waals surface area contributed by atoms with E-state index < -0.39 is 0 Å². The van der Waals surface area contributed by atoms with Gasteiger partial charge in [-0.05, 0) is 72.6 Å². The van der Waals surface area contributed by atoms with Gasteiger partial charge in [0.2, 0.25) is 5.95 Å². The number of fused-ring (bicyclic) bond motifs is 1. The Hall–Kier alpha value is -5.93. The molecule has 7 rings (SSSR count). The summed E-state index contributed by atoms with van der Waals surface area (Å²) in [6, 6.07) is 34.7. The Labute approximate surface area is 279 Å². The number of anilines is 3. The van der Waals surface area contributed by atoms with Crippen LogP contribution in [0.3, 0.4) is 0 Å². The number of pyridine rings is 1. The monoisotopic (exact) mass is 633 g/mol. The third-order valence-corrected chi connectivity index (χ3v) is 8.60. The Morgan fingerprint density at radius 2 is 1.46 bits per heavy atom. The molecule has 0 radical (unpaired) electrons. The van der Waals surface area contributed by atoms with E-state index in [2.05, 4.69) is 20.5 Å². The SMILES string of the molecule is Cc1ccc(C(=O)N2CCN(Cc3ccncc3)CC2)cc1NC(=O)c1ccc(Nc2nc(-c3ccccc3)c3ccccc3n2)cc1. The molecule has 2 N–H and O–H groups in total. The first-order valence-corrected chi connectivity index (χ1v) is 16.0. The summed E-state index contributed by atoms with van der Waals surface area (Å²) in [5.41, 5.74) is 7.20. The summed E-state index contributed by atoms with van der Waals surface area (Å²) in [5.74, 6) is 0.181. The van der Waals surface area contributed by atoms with Gasteiger partial charge in [0.05, 0.1) is 11.2 Å². The number of carbonyl (C=O) groups is 2. The number of amides is 2. The second-order valence-electron chi connectivity index (χ2n) is 11.9. The molecule has 238 valence electrons. The van der Waals surface area contributed by atoms with E-state index in [9.17, 15) is 9.59 Å². The van der Waals surface area contributed by atoms with E-state index in [1.54, 1.807) is 30.6 Å². The highest BCUT2D eigenvalue weighted by atomic mass is 16.2. The van der Waals surface area contributed by atoms with Crippen molar-refractivity contribution in [1.29, 1.82) is 0 Å². The fraction of sp³-hybridized carbons (Fsp3) is 0.154. The smallest absolute Gasteiger partial charge is 0.255 e. The zero-order valence-corrected chi connectivity index (χ0v) is 26.6. The van der Waals surface area contributed by atoms with E-state index >= 15 is 0 Å². The summed E-state index contributed by atoms with van der Waals surface area (Å²) in [6.07, 6.45) is 3.61. The zero-order valence-electron chi connectivity index (χ0n) is 26.6. The number of hydrogen-bond acceptors (Lipinski definition) is 7. The van der Waals surface area contributed by atoms with Gasteiger partial charge in [-0.1, -0.05) is 54.6 Å². The van der Waals surface area contributed by atoms with E-state index in [1.807, 2.05) is 103 Å². The summed E-state index contributed by atoms with van der Waals surface area (Å²) in [7, 11) is 0. The van der Waals surface area contributed by atoms with Gasteiger partial charge in [0.15, 0.2) is 0 Å². The number of carbonyl (C=O) groups excluding carboxylic acids is 2. The number of hydrogen-bond donors (Lipinski definition) is 2. The first kappa shape index (κ1) is 30.7. The molecule has 3 heterocycles. The van der Waals surface area contributed by atoms with Gasteiger partial charge in [0.25, 0.3) is 11.8 Å². The fourth-order valence-corrected chi connectivity index (χ4v) is 5.90. The molecule has 1 saturated heterocycles.